The van der Waals surface area contributed by atoms with Gasteiger partial charge in [-0.05, 0) is 114 Å². The lowest BCUT2D eigenvalue weighted by molar-refractivity contribution is -0.385. The van der Waals surface area contributed by atoms with Gasteiger partial charge in [0.05, 0.1) is 61.3 Å². The van der Waals surface area contributed by atoms with Crippen LogP contribution in [0, 0.1) is 57.1 Å². The van der Waals surface area contributed by atoms with E-state index in [9.17, 15) is 42.4 Å². The molecule has 13 rings (SSSR count). The number of ether oxygens (including phenoxy) is 4. The predicted molar refractivity (Wildman–Crippen MR) is 372 cm³/mol. The number of nitro groups is 1. The Morgan fingerprint density at radius 1 is 0.562 bits per heavy atom. The molecule has 6 aromatic carbocycles. The number of nitro benzene ring substituents is 1. The molecular formula is C70H77F4N9O9S4. The third kappa shape index (κ3) is 16.0. The molecule has 0 unspecified atom stereocenters. The van der Waals surface area contributed by atoms with Crippen LogP contribution in [0.4, 0.5) is 23.2 Å². The molecule has 96 heavy (non-hydrogen) atoms. The molecule has 26 heteroatoms. The van der Waals surface area contributed by atoms with Gasteiger partial charge in [-0.2, -0.15) is 0 Å². The molecule has 0 saturated carbocycles. The first-order valence-corrected chi connectivity index (χ1v) is 35.0. The standard InChI is InChI=1S/C21H23FN2O3S.C21H21FN2O2S.C14H16FN3O3S.C14H17FN2OS/c1-14-11-16(12-25)21(13-27-14,17-9-5-6-10-18(17)22)24-20(28)23-19(26)15-7-3-2-4-8-15;1-14-11-16-12-27-20(23-19(25)15-7-3-2-4-8-15)24-21(16,13-26-14)17-9-5-6-10-18(17)22;1-8-4-9-6-22-13(16)17-14(9,7-21-8)11-5-10(18(19)20)2-3-12(11)15;1-9-6-10-7-19-13(16)17-14(10,8-18-9)11-4-2-3-5-12(11)15/h2-10,14,16,25H,11-13H2,1H3,(H2,23,24,26,28);2-10,14,16H,11-13H2,1H3,(H,23,24,25);2-3,5,8-9H,4,6-7H2,1H3,(H2,16,17);2-5,9-10H,6-8H2,1H3,(H2,16,17)/t2*14-,16-,21-;8-,9-,14-;9-,10-,14-/m0000/s1. The molecular weight excluding hydrogens is 1320 g/mol. The van der Waals surface area contributed by atoms with Crippen LogP contribution < -0.4 is 27.4 Å². The Morgan fingerprint density at radius 2 is 0.969 bits per heavy atom. The molecule has 6 aromatic rings. The van der Waals surface area contributed by atoms with Gasteiger partial charge in [0.2, 0.25) is 0 Å². The molecule has 0 aliphatic carbocycles. The first-order valence-electron chi connectivity index (χ1n) is 31.6. The van der Waals surface area contributed by atoms with Crippen LogP contribution in [0.5, 0.6) is 0 Å². The Balaban J connectivity index is 0.000000141. The number of amides is 2. The number of thioether (sulfide) groups is 3. The van der Waals surface area contributed by atoms with Crippen LogP contribution in [-0.2, 0) is 41.1 Å². The highest BCUT2D eigenvalue weighted by atomic mass is 32.2. The predicted octanol–water partition coefficient (Wildman–Crippen LogP) is 11.6. The largest absolute Gasteiger partial charge is 0.396 e. The van der Waals surface area contributed by atoms with Gasteiger partial charge in [0.15, 0.2) is 20.6 Å². The number of rotatable bonds is 9. The van der Waals surface area contributed by atoms with E-state index in [4.69, 9.17) is 47.6 Å². The molecule has 0 bridgehead atoms. The number of amidine groups is 3. The fourth-order valence-electron chi connectivity index (χ4n) is 13.5. The van der Waals surface area contributed by atoms with E-state index in [1.165, 1.54) is 47.8 Å². The van der Waals surface area contributed by atoms with Gasteiger partial charge in [-0.1, -0.05) is 126 Å². The van der Waals surface area contributed by atoms with E-state index in [0.29, 0.717) is 75.1 Å². The number of nitrogens with two attached hydrogens (primary N) is 2. The maximum atomic E-state index is 14.7. The first kappa shape index (κ1) is 71.5. The summed E-state index contributed by atoms with van der Waals surface area (Å²) in [5.41, 5.74) is 10.8. The van der Waals surface area contributed by atoms with E-state index in [-0.39, 0.29) is 108 Å². The van der Waals surface area contributed by atoms with Gasteiger partial charge < -0.3 is 46.2 Å². The average molecular weight is 1390 g/mol. The van der Waals surface area contributed by atoms with Crippen molar-refractivity contribution in [3.05, 3.63) is 218 Å². The number of hydrogen-bond acceptors (Lipinski definition) is 18. The molecule has 8 N–H and O–H groups in total. The van der Waals surface area contributed by atoms with Crippen molar-refractivity contribution in [1.29, 1.82) is 0 Å². The molecule has 0 radical (unpaired) electrons. The van der Waals surface area contributed by atoms with E-state index in [1.54, 1.807) is 90.6 Å². The molecule has 7 aliphatic rings. The first-order chi connectivity index (χ1) is 46.1. The van der Waals surface area contributed by atoms with Gasteiger partial charge in [-0.3, -0.25) is 25.0 Å². The molecule has 7 aliphatic heterocycles. The van der Waals surface area contributed by atoms with Crippen LogP contribution in [0.15, 0.2) is 167 Å². The van der Waals surface area contributed by atoms with Crippen LogP contribution >= 0.6 is 47.5 Å². The summed E-state index contributed by atoms with van der Waals surface area (Å²) >= 11 is 9.85. The molecule has 18 nitrogen and oxygen atoms in total. The van der Waals surface area contributed by atoms with Gasteiger partial charge in [0.25, 0.3) is 17.5 Å². The van der Waals surface area contributed by atoms with Crippen molar-refractivity contribution in [3.63, 3.8) is 0 Å². The number of nitrogens with one attached hydrogen (secondary N) is 3. The topological polar surface area (TPSA) is 260 Å². The van der Waals surface area contributed by atoms with Gasteiger partial charge in [-0.15, -0.1) is 0 Å². The monoisotopic (exact) mass is 1390 g/mol. The molecule has 7 heterocycles. The molecule has 4 fully saturated rings. The second kappa shape index (κ2) is 31.5. The number of hydrogen-bond donors (Lipinski definition) is 6. The summed E-state index contributed by atoms with van der Waals surface area (Å²) < 4.78 is 81.2. The van der Waals surface area contributed by atoms with E-state index in [1.807, 2.05) is 57.2 Å². The minimum absolute atomic E-state index is 0.0325. The zero-order valence-electron chi connectivity index (χ0n) is 53.3. The third-order valence-corrected chi connectivity index (χ3v) is 21.6. The van der Waals surface area contributed by atoms with Crippen molar-refractivity contribution in [2.24, 2.45) is 50.1 Å². The lowest BCUT2D eigenvalue weighted by Crippen LogP contribution is -2.61. The quantitative estimate of drug-likeness (QED) is 0.0340. The lowest BCUT2D eigenvalue weighted by Gasteiger charge is -2.46. The number of aliphatic hydroxyl groups excluding tert-OH is 1. The van der Waals surface area contributed by atoms with Crippen LogP contribution in [-0.4, -0.2) is 117 Å². The molecule has 4 saturated heterocycles. The fraction of sp³-hybridized carbons (Fsp3) is 0.400. The van der Waals surface area contributed by atoms with Crippen molar-refractivity contribution >= 4 is 85.6 Å². The van der Waals surface area contributed by atoms with Crippen LogP contribution in [0.1, 0.15) is 96.3 Å². The Bertz CT molecular complexity index is 3870. The molecule has 2 amide bonds. The Labute approximate surface area is 573 Å². The van der Waals surface area contributed by atoms with Crippen molar-refractivity contribution in [2.45, 2.75) is 99.9 Å². The van der Waals surface area contributed by atoms with Crippen molar-refractivity contribution in [1.82, 2.24) is 16.0 Å². The summed E-state index contributed by atoms with van der Waals surface area (Å²) in [6.07, 6.45) is 3.22. The van der Waals surface area contributed by atoms with Crippen molar-refractivity contribution in [2.75, 3.05) is 50.3 Å². The minimum atomic E-state index is -1.09. The summed E-state index contributed by atoms with van der Waals surface area (Å²) in [6, 6.07) is 41.1. The van der Waals surface area contributed by atoms with Crippen LogP contribution in [0.25, 0.3) is 0 Å². The average Bonchev–Trinajstić information content (AvgIpc) is 0.767. The Kier molecular flexibility index (Phi) is 23.5. The number of non-ortho nitro benzene ring substituents is 1. The number of nitrogens with zero attached hydrogens (tertiary/aromatic N) is 4. The van der Waals surface area contributed by atoms with Crippen molar-refractivity contribution in [3.8, 4) is 0 Å². The number of fused-ring (bicyclic) bond motifs is 3. The summed E-state index contributed by atoms with van der Waals surface area (Å²) in [6.45, 7) is 8.78. The number of carbonyl (C=O) groups is 2. The van der Waals surface area contributed by atoms with Crippen molar-refractivity contribution < 1.29 is 56.1 Å². The van der Waals surface area contributed by atoms with Crippen LogP contribution in [0.2, 0.25) is 0 Å². The summed E-state index contributed by atoms with van der Waals surface area (Å²) in [4.78, 5) is 49.3. The van der Waals surface area contributed by atoms with Crippen LogP contribution in [0.3, 0.4) is 0 Å². The number of halogens is 4. The SMILES string of the molecule is C[C@H]1C[C@@H](CO)[C@](NC(=S)NC(=O)c2ccccc2)(c2ccccc2F)CO1.C[C@H]1C[C@H]2CSC(N)=N[C@@]2(c2cc([N+](=O)[O-])ccc2F)CO1.C[C@H]1C[C@H]2CSC(N)=N[C@@]2(c2ccccc2F)CO1.C[C@H]1C[C@H]2CSC(NC(=O)c3ccccc3)=N[C@@]2(c2ccccc2F)CO1. The number of aliphatic imine (C=N–C) groups is 3. The fourth-order valence-corrected chi connectivity index (χ4v) is 16.9. The normalized spacial score (nSPS) is 28.8. The summed E-state index contributed by atoms with van der Waals surface area (Å²) in [7, 11) is 0. The van der Waals surface area contributed by atoms with Gasteiger partial charge >= 0.3 is 0 Å². The minimum Gasteiger partial charge on any atom is -0.396 e. The number of aliphatic hydroxyl groups is 1. The molecule has 12 atom stereocenters. The lowest BCUT2D eigenvalue weighted by atomic mass is 9.74. The zero-order valence-corrected chi connectivity index (χ0v) is 56.6. The van der Waals surface area contributed by atoms with E-state index < -0.39 is 38.7 Å². The highest BCUT2D eigenvalue weighted by Crippen LogP contribution is 2.50. The van der Waals surface area contributed by atoms with Gasteiger partial charge in [0.1, 0.15) is 39.9 Å². The third-order valence-electron chi connectivity index (χ3n) is 18.5. The van der Waals surface area contributed by atoms with E-state index >= 15 is 0 Å². The summed E-state index contributed by atoms with van der Waals surface area (Å²) in [5.74, 6) is 0.399. The second-order valence-electron chi connectivity index (χ2n) is 24.8. The number of benzene rings is 6. The van der Waals surface area contributed by atoms with E-state index in [0.717, 1.165) is 36.5 Å². The highest BCUT2D eigenvalue weighted by Gasteiger charge is 2.52. The van der Waals surface area contributed by atoms with Gasteiger partial charge in [0, 0.05) is 93.1 Å². The maximum absolute atomic E-state index is 14.7. The van der Waals surface area contributed by atoms with E-state index in [2.05, 4.69) is 32.9 Å². The molecule has 0 aromatic heterocycles. The zero-order chi connectivity index (χ0) is 68.4. The maximum Gasteiger partial charge on any atom is 0.270 e. The summed E-state index contributed by atoms with van der Waals surface area (Å²) in [5, 5.41) is 31.1. The smallest absolute Gasteiger partial charge is 0.270 e. The second-order valence-corrected chi connectivity index (χ2v) is 28.3. The molecule has 508 valence electrons. The molecule has 0 spiro atoms. The number of carbonyl (C=O) groups excluding carboxylic acids is 2. The van der Waals surface area contributed by atoms with Gasteiger partial charge in [-0.25, -0.2) is 32.5 Å². The highest BCUT2D eigenvalue weighted by molar-refractivity contribution is 8.14. The Hall–Kier alpha value is -7.27. The number of thiocarbonyl (C=S) groups is 1. The Morgan fingerprint density at radius 3 is 1.45 bits per heavy atom.